The van der Waals surface area contributed by atoms with Crippen LogP contribution in [0.3, 0.4) is 0 Å². The maximum absolute atomic E-state index is 11.9. The predicted octanol–water partition coefficient (Wildman–Crippen LogP) is 0.0424. The highest BCUT2D eigenvalue weighted by Crippen LogP contribution is 2.31. The van der Waals surface area contributed by atoms with E-state index in [-0.39, 0.29) is 11.6 Å². The maximum atomic E-state index is 11.9. The molecule has 0 aromatic rings. The Kier molecular flexibility index (Phi) is 3.76. The fraction of sp³-hybridized carbons (Fsp3) is 1.00. The van der Waals surface area contributed by atoms with Gasteiger partial charge in [-0.25, -0.2) is 0 Å². The summed E-state index contributed by atoms with van der Waals surface area (Å²) in [7, 11) is -1.81. The average molecular weight is 235 g/mol. The summed E-state index contributed by atoms with van der Waals surface area (Å²) in [5.74, 6) is 0. The second-order valence-electron chi connectivity index (χ2n) is 4.56. The molecular weight excluding hydrogens is 214 g/mol. The van der Waals surface area contributed by atoms with E-state index in [2.05, 4.69) is 4.72 Å². The number of hydrogen-bond acceptors (Lipinski definition) is 3. The van der Waals surface area contributed by atoms with Crippen LogP contribution >= 0.6 is 0 Å². The van der Waals surface area contributed by atoms with Gasteiger partial charge in [0, 0.05) is 25.2 Å². The Bertz CT molecular complexity index is 304. The summed E-state index contributed by atoms with van der Waals surface area (Å²) in [5, 5.41) is 0. The van der Waals surface area contributed by atoms with Crippen LogP contribution in [0.5, 0.6) is 0 Å². The van der Waals surface area contributed by atoms with Gasteiger partial charge in [0.05, 0.1) is 0 Å². The summed E-state index contributed by atoms with van der Waals surface area (Å²) in [6.45, 7) is 4.06. The predicted molar refractivity (Wildman–Crippen MR) is 60.6 cm³/mol. The standard InChI is InChI=1S/C9H21N3O2S/c1-8(2)12(3)15(13,14)11-9(7-10)5-4-6-9/h8,11H,4-7,10H2,1-3H3. The van der Waals surface area contributed by atoms with Crippen LogP contribution in [-0.4, -0.2) is 37.9 Å². The summed E-state index contributed by atoms with van der Waals surface area (Å²) < 4.78 is 27.8. The molecule has 0 unspecified atom stereocenters. The molecule has 0 radical (unpaired) electrons. The van der Waals surface area contributed by atoms with Crippen LogP contribution < -0.4 is 10.5 Å². The van der Waals surface area contributed by atoms with Gasteiger partial charge in [0.2, 0.25) is 0 Å². The van der Waals surface area contributed by atoms with Crippen LogP contribution in [0.2, 0.25) is 0 Å². The first-order valence-electron chi connectivity index (χ1n) is 5.30. The first-order chi connectivity index (χ1) is 6.83. The van der Waals surface area contributed by atoms with Gasteiger partial charge in [-0.2, -0.15) is 17.4 Å². The molecule has 6 heteroatoms. The van der Waals surface area contributed by atoms with E-state index in [1.54, 1.807) is 7.05 Å². The molecule has 0 aromatic heterocycles. The van der Waals surface area contributed by atoms with E-state index >= 15 is 0 Å². The van der Waals surface area contributed by atoms with Crippen molar-refractivity contribution in [2.75, 3.05) is 13.6 Å². The molecule has 15 heavy (non-hydrogen) atoms. The normalized spacial score (nSPS) is 20.7. The molecule has 0 aliphatic heterocycles. The highest BCUT2D eigenvalue weighted by atomic mass is 32.2. The topological polar surface area (TPSA) is 75.4 Å². The second-order valence-corrected chi connectivity index (χ2v) is 6.29. The van der Waals surface area contributed by atoms with Crippen LogP contribution in [0.4, 0.5) is 0 Å². The minimum atomic E-state index is -3.39. The highest BCUT2D eigenvalue weighted by Gasteiger charge is 2.40. The van der Waals surface area contributed by atoms with Gasteiger partial charge in [0.25, 0.3) is 10.2 Å². The van der Waals surface area contributed by atoms with Gasteiger partial charge in [0.1, 0.15) is 0 Å². The Labute approximate surface area is 92.2 Å². The lowest BCUT2D eigenvalue weighted by molar-refractivity contribution is 0.224. The van der Waals surface area contributed by atoms with Gasteiger partial charge in [0.15, 0.2) is 0 Å². The maximum Gasteiger partial charge on any atom is 0.279 e. The zero-order valence-corrected chi connectivity index (χ0v) is 10.5. The minimum Gasteiger partial charge on any atom is -0.329 e. The third kappa shape index (κ3) is 2.69. The lowest BCUT2D eigenvalue weighted by Gasteiger charge is -2.42. The van der Waals surface area contributed by atoms with E-state index in [4.69, 9.17) is 5.73 Å². The van der Waals surface area contributed by atoms with Crippen LogP contribution in [0.1, 0.15) is 33.1 Å². The first-order valence-corrected chi connectivity index (χ1v) is 6.74. The molecule has 0 heterocycles. The molecule has 3 N–H and O–H groups in total. The lowest BCUT2D eigenvalue weighted by atomic mass is 9.78. The number of rotatable bonds is 5. The summed E-state index contributed by atoms with van der Waals surface area (Å²) >= 11 is 0. The SMILES string of the molecule is CC(C)N(C)S(=O)(=O)NC1(CN)CCC1. The van der Waals surface area contributed by atoms with Crippen molar-refractivity contribution in [3.8, 4) is 0 Å². The summed E-state index contributed by atoms with van der Waals surface area (Å²) in [6, 6.07) is -0.0441. The molecule has 0 spiro atoms. The average Bonchev–Trinajstić information content (AvgIpc) is 2.10. The quantitative estimate of drug-likeness (QED) is 0.706. The van der Waals surface area contributed by atoms with E-state index in [1.807, 2.05) is 13.8 Å². The Hall–Kier alpha value is -0.170. The molecule has 90 valence electrons. The third-order valence-electron chi connectivity index (χ3n) is 3.15. The van der Waals surface area contributed by atoms with E-state index in [9.17, 15) is 8.42 Å². The van der Waals surface area contributed by atoms with E-state index in [0.717, 1.165) is 19.3 Å². The molecule has 1 aliphatic rings. The molecule has 5 nitrogen and oxygen atoms in total. The smallest absolute Gasteiger partial charge is 0.279 e. The molecule has 1 fully saturated rings. The van der Waals surface area contributed by atoms with Gasteiger partial charge in [-0.15, -0.1) is 0 Å². The van der Waals surface area contributed by atoms with Crippen molar-refractivity contribution < 1.29 is 8.42 Å². The molecule has 0 atom stereocenters. The molecular formula is C9H21N3O2S. The molecule has 0 bridgehead atoms. The van der Waals surface area contributed by atoms with Gasteiger partial charge < -0.3 is 5.73 Å². The Balaban J connectivity index is 2.71. The Morgan fingerprint density at radius 2 is 2.00 bits per heavy atom. The Morgan fingerprint density at radius 3 is 2.27 bits per heavy atom. The van der Waals surface area contributed by atoms with Gasteiger partial charge in [-0.1, -0.05) is 0 Å². The van der Waals surface area contributed by atoms with Crippen molar-refractivity contribution in [2.24, 2.45) is 5.73 Å². The van der Waals surface area contributed by atoms with Crippen molar-refractivity contribution >= 4 is 10.2 Å². The van der Waals surface area contributed by atoms with Gasteiger partial charge in [-0.05, 0) is 33.1 Å². The van der Waals surface area contributed by atoms with Crippen molar-refractivity contribution in [1.82, 2.24) is 9.03 Å². The first kappa shape index (κ1) is 12.9. The summed E-state index contributed by atoms with van der Waals surface area (Å²) in [4.78, 5) is 0. The molecule has 1 rings (SSSR count). The molecule has 1 saturated carbocycles. The number of nitrogens with two attached hydrogens (primary N) is 1. The van der Waals surface area contributed by atoms with Crippen molar-refractivity contribution in [2.45, 2.75) is 44.7 Å². The fourth-order valence-electron chi connectivity index (χ4n) is 1.57. The summed E-state index contributed by atoms with van der Waals surface area (Å²) in [6.07, 6.45) is 2.73. The minimum absolute atomic E-state index is 0.0441. The number of hydrogen-bond donors (Lipinski definition) is 2. The van der Waals surface area contributed by atoms with Crippen LogP contribution in [0.15, 0.2) is 0 Å². The Morgan fingerprint density at radius 1 is 1.47 bits per heavy atom. The molecule has 0 saturated heterocycles. The van der Waals surface area contributed by atoms with Crippen molar-refractivity contribution in [1.29, 1.82) is 0 Å². The number of nitrogens with one attached hydrogen (secondary N) is 1. The van der Waals surface area contributed by atoms with Crippen LogP contribution in [-0.2, 0) is 10.2 Å². The number of nitrogens with zero attached hydrogens (tertiary/aromatic N) is 1. The molecule has 0 aromatic carbocycles. The van der Waals surface area contributed by atoms with E-state index in [0.29, 0.717) is 6.54 Å². The van der Waals surface area contributed by atoms with Crippen molar-refractivity contribution in [3.63, 3.8) is 0 Å². The zero-order valence-electron chi connectivity index (χ0n) is 9.66. The summed E-state index contributed by atoms with van der Waals surface area (Å²) in [5.41, 5.74) is 5.22. The molecule has 0 amide bonds. The second kappa shape index (κ2) is 4.37. The third-order valence-corrected chi connectivity index (χ3v) is 5.02. The fourth-order valence-corrected chi connectivity index (χ4v) is 3.11. The lowest BCUT2D eigenvalue weighted by Crippen LogP contribution is -2.61. The van der Waals surface area contributed by atoms with E-state index < -0.39 is 10.2 Å². The van der Waals surface area contributed by atoms with Gasteiger partial charge >= 0.3 is 0 Å². The molecule has 1 aliphatic carbocycles. The van der Waals surface area contributed by atoms with Crippen LogP contribution in [0.25, 0.3) is 0 Å². The monoisotopic (exact) mass is 235 g/mol. The van der Waals surface area contributed by atoms with Gasteiger partial charge in [-0.3, -0.25) is 0 Å². The van der Waals surface area contributed by atoms with Crippen LogP contribution in [0, 0.1) is 0 Å². The largest absolute Gasteiger partial charge is 0.329 e. The zero-order chi connectivity index (χ0) is 11.7. The van der Waals surface area contributed by atoms with Crippen molar-refractivity contribution in [3.05, 3.63) is 0 Å². The van der Waals surface area contributed by atoms with E-state index in [1.165, 1.54) is 4.31 Å². The highest BCUT2D eigenvalue weighted by molar-refractivity contribution is 7.87.